The van der Waals surface area contributed by atoms with Gasteiger partial charge in [0.25, 0.3) is 5.91 Å². The van der Waals surface area contributed by atoms with Gasteiger partial charge in [-0.05, 0) is 73.9 Å². The molecule has 0 bridgehead atoms. The van der Waals surface area contributed by atoms with Crippen molar-refractivity contribution < 1.29 is 18.7 Å². The topological polar surface area (TPSA) is 99.3 Å². The molecule has 37 heavy (non-hydrogen) atoms. The van der Waals surface area contributed by atoms with Gasteiger partial charge >= 0.3 is 6.03 Å². The summed E-state index contributed by atoms with van der Waals surface area (Å²) in [5.74, 6) is 0.651. The molecule has 188 valence electrons. The second-order valence-electron chi connectivity index (χ2n) is 8.87. The first-order valence-electron chi connectivity index (χ1n) is 12.0. The molecule has 2 aromatic heterocycles. The zero-order chi connectivity index (χ0) is 25.8. The van der Waals surface area contributed by atoms with Gasteiger partial charge in [-0.25, -0.2) is 9.18 Å². The van der Waals surface area contributed by atoms with E-state index in [1.54, 1.807) is 67.0 Å². The number of amides is 3. The molecule has 2 aromatic carbocycles. The maximum absolute atomic E-state index is 13.9. The Morgan fingerprint density at radius 3 is 2.54 bits per heavy atom. The lowest BCUT2D eigenvalue weighted by atomic mass is 10.2. The average molecular weight is 500 g/mol. The normalized spacial score (nSPS) is 12.9. The molecule has 5 rings (SSSR count). The fourth-order valence-electron chi connectivity index (χ4n) is 4.15. The summed E-state index contributed by atoms with van der Waals surface area (Å²) < 4.78 is 19.8. The Bertz CT molecular complexity index is 1430. The number of hydrogen-bond acceptors (Lipinski definition) is 4. The number of halogens is 1. The second-order valence-corrected chi connectivity index (χ2v) is 8.87. The number of aromatic amines is 1. The van der Waals surface area contributed by atoms with Crippen molar-refractivity contribution in [1.82, 2.24) is 14.9 Å². The van der Waals surface area contributed by atoms with Gasteiger partial charge < -0.3 is 25.3 Å². The summed E-state index contributed by atoms with van der Waals surface area (Å²) in [5, 5.41) is 5.18. The molecule has 0 atom stereocenters. The maximum atomic E-state index is 13.9. The number of H-pyrrole nitrogens is 1. The van der Waals surface area contributed by atoms with Crippen molar-refractivity contribution in [3.8, 4) is 22.9 Å². The molecule has 0 aliphatic carbocycles. The molecule has 3 heterocycles. The van der Waals surface area contributed by atoms with Gasteiger partial charge in [0.1, 0.15) is 17.3 Å². The van der Waals surface area contributed by atoms with Crippen LogP contribution in [0.2, 0.25) is 0 Å². The highest BCUT2D eigenvalue weighted by Gasteiger charge is 2.21. The lowest BCUT2D eigenvalue weighted by molar-refractivity contribution is 0.0793. The fraction of sp³-hybridized carbons (Fsp3) is 0.179. The number of pyridine rings is 1. The molecule has 3 amide bonds. The van der Waals surface area contributed by atoms with Crippen LogP contribution in [0.15, 0.2) is 73.1 Å². The molecule has 4 aromatic rings. The Balaban J connectivity index is 1.21. The third-order valence-electron chi connectivity index (χ3n) is 6.05. The van der Waals surface area contributed by atoms with Crippen LogP contribution in [0.1, 0.15) is 28.8 Å². The van der Waals surface area contributed by atoms with E-state index >= 15 is 0 Å². The van der Waals surface area contributed by atoms with E-state index in [2.05, 4.69) is 20.6 Å². The Morgan fingerprint density at radius 1 is 0.973 bits per heavy atom. The lowest BCUT2D eigenvalue weighted by Gasteiger charge is -2.13. The van der Waals surface area contributed by atoms with Crippen LogP contribution in [0.25, 0.3) is 11.4 Å². The smallest absolute Gasteiger partial charge is 0.323 e. The number of aromatic nitrogens is 2. The van der Waals surface area contributed by atoms with E-state index in [9.17, 15) is 14.0 Å². The van der Waals surface area contributed by atoms with Crippen LogP contribution in [0.4, 0.5) is 20.6 Å². The minimum Gasteiger partial charge on any atom is -0.457 e. The van der Waals surface area contributed by atoms with Crippen LogP contribution in [0.5, 0.6) is 11.5 Å². The Hall–Kier alpha value is -4.66. The van der Waals surface area contributed by atoms with Gasteiger partial charge in [-0.1, -0.05) is 6.07 Å². The molecular weight excluding hydrogens is 473 g/mol. The van der Waals surface area contributed by atoms with Crippen LogP contribution < -0.4 is 15.4 Å². The molecule has 1 aliphatic heterocycles. The van der Waals surface area contributed by atoms with Crippen LogP contribution >= 0.6 is 0 Å². The third kappa shape index (κ3) is 5.78. The first-order chi connectivity index (χ1) is 17.9. The predicted octanol–water partition coefficient (Wildman–Crippen LogP) is 6.20. The van der Waals surface area contributed by atoms with Crippen LogP contribution in [-0.2, 0) is 0 Å². The number of carbonyl (C=O) groups is 2. The highest BCUT2D eigenvalue weighted by atomic mass is 19.1. The number of ether oxygens (including phenoxy) is 1. The fourth-order valence-corrected chi connectivity index (χ4v) is 4.15. The Kier molecular flexibility index (Phi) is 6.85. The van der Waals surface area contributed by atoms with E-state index in [1.165, 1.54) is 6.07 Å². The van der Waals surface area contributed by atoms with Crippen molar-refractivity contribution in [2.75, 3.05) is 23.7 Å². The molecule has 3 N–H and O–H groups in total. The van der Waals surface area contributed by atoms with Crippen molar-refractivity contribution in [2.45, 2.75) is 19.8 Å². The van der Waals surface area contributed by atoms with Gasteiger partial charge in [-0.2, -0.15) is 0 Å². The highest BCUT2D eigenvalue weighted by Crippen LogP contribution is 2.27. The maximum Gasteiger partial charge on any atom is 0.323 e. The van der Waals surface area contributed by atoms with Crippen molar-refractivity contribution in [3.63, 3.8) is 0 Å². The second kappa shape index (κ2) is 10.5. The Labute approximate surface area is 213 Å². The molecule has 0 spiro atoms. The number of urea groups is 1. The van der Waals surface area contributed by atoms with Crippen LogP contribution in [0.3, 0.4) is 0 Å². The average Bonchev–Trinajstić information content (AvgIpc) is 3.60. The predicted molar refractivity (Wildman–Crippen MR) is 139 cm³/mol. The summed E-state index contributed by atoms with van der Waals surface area (Å²) in [4.78, 5) is 34.3. The van der Waals surface area contributed by atoms with E-state index in [-0.39, 0.29) is 11.6 Å². The molecule has 0 unspecified atom stereocenters. The standard InChI is InChI=1S/C28H26FN5O3/c1-18-4-9-23(29)24(14-18)33-28(36)32-20-5-7-21(8-6-20)37-22-10-11-30-26(16-22)25-15-19(17-31-25)27(35)34-12-2-3-13-34/h4-11,14-17,31H,2-3,12-13H2,1H3,(H2,32,33,36). The monoisotopic (exact) mass is 499 g/mol. The summed E-state index contributed by atoms with van der Waals surface area (Å²) >= 11 is 0. The van der Waals surface area contributed by atoms with E-state index in [0.29, 0.717) is 28.4 Å². The van der Waals surface area contributed by atoms with Crippen molar-refractivity contribution in [3.05, 3.63) is 90.0 Å². The highest BCUT2D eigenvalue weighted by molar-refractivity contribution is 6.00. The summed E-state index contributed by atoms with van der Waals surface area (Å²) in [6, 6.07) is 16.1. The summed E-state index contributed by atoms with van der Waals surface area (Å²) in [6.07, 6.45) is 5.43. The minimum absolute atomic E-state index is 0.0267. The van der Waals surface area contributed by atoms with E-state index < -0.39 is 11.8 Å². The summed E-state index contributed by atoms with van der Waals surface area (Å²) in [5.41, 5.74) is 3.46. The van der Waals surface area contributed by atoms with Gasteiger partial charge in [-0.3, -0.25) is 9.78 Å². The number of nitrogens with zero attached hydrogens (tertiary/aromatic N) is 2. The minimum atomic E-state index is -0.550. The molecular formula is C28H26FN5O3. The van der Waals surface area contributed by atoms with Gasteiger partial charge in [-0.15, -0.1) is 0 Å². The first kappa shape index (κ1) is 24.1. The van der Waals surface area contributed by atoms with Gasteiger partial charge in [0, 0.05) is 37.2 Å². The van der Waals surface area contributed by atoms with Gasteiger partial charge in [0.2, 0.25) is 0 Å². The molecule has 8 nitrogen and oxygen atoms in total. The number of aryl methyl sites for hydroxylation is 1. The summed E-state index contributed by atoms with van der Waals surface area (Å²) in [7, 11) is 0. The number of likely N-dealkylation sites (tertiary alicyclic amines) is 1. The SMILES string of the molecule is Cc1ccc(F)c(NC(=O)Nc2ccc(Oc3ccnc(-c4cc(C(=O)N5CCCC5)c[nH]4)c3)cc2)c1. The number of nitrogens with one attached hydrogen (secondary N) is 3. The zero-order valence-electron chi connectivity index (χ0n) is 20.3. The molecule has 1 saturated heterocycles. The molecule has 0 radical (unpaired) electrons. The van der Waals surface area contributed by atoms with Crippen LogP contribution in [-0.4, -0.2) is 39.9 Å². The van der Waals surface area contributed by atoms with Crippen molar-refractivity contribution in [1.29, 1.82) is 0 Å². The zero-order valence-corrected chi connectivity index (χ0v) is 20.3. The van der Waals surface area contributed by atoms with E-state index in [1.807, 2.05) is 11.8 Å². The molecule has 9 heteroatoms. The van der Waals surface area contributed by atoms with E-state index in [0.717, 1.165) is 37.2 Å². The lowest BCUT2D eigenvalue weighted by Crippen LogP contribution is -2.27. The molecule has 0 saturated carbocycles. The summed E-state index contributed by atoms with van der Waals surface area (Å²) in [6.45, 7) is 3.41. The van der Waals surface area contributed by atoms with Gasteiger partial charge in [0.15, 0.2) is 0 Å². The largest absolute Gasteiger partial charge is 0.457 e. The first-order valence-corrected chi connectivity index (χ1v) is 12.0. The quantitative estimate of drug-likeness (QED) is 0.294. The number of carbonyl (C=O) groups excluding carboxylic acids is 2. The number of anilines is 2. The van der Waals surface area contributed by atoms with Crippen molar-refractivity contribution in [2.24, 2.45) is 0 Å². The number of hydrogen-bond donors (Lipinski definition) is 3. The van der Waals surface area contributed by atoms with E-state index in [4.69, 9.17) is 4.74 Å². The third-order valence-corrected chi connectivity index (χ3v) is 6.05. The van der Waals surface area contributed by atoms with Crippen LogP contribution in [0, 0.1) is 12.7 Å². The van der Waals surface area contributed by atoms with Crippen molar-refractivity contribution >= 4 is 23.3 Å². The number of benzene rings is 2. The molecule has 1 fully saturated rings. The van der Waals surface area contributed by atoms with Gasteiger partial charge in [0.05, 0.1) is 22.6 Å². The number of rotatable bonds is 6. The Morgan fingerprint density at radius 2 is 1.76 bits per heavy atom. The molecule has 1 aliphatic rings.